The van der Waals surface area contributed by atoms with Gasteiger partial charge in [-0.05, 0) is 44.3 Å². The van der Waals surface area contributed by atoms with E-state index in [1.54, 1.807) is 0 Å². The summed E-state index contributed by atoms with van der Waals surface area (Å²) >= 11 is 0. The van der Waals surface area contributed by atoms with Crippen molar-refractivity contribution in [1.82, 2.24) is 15.1 Å². The monoisotopic (exact) mass is 285 g/mol. The molecule has 4 fully saturated rings. The van der Waals surface area contributed by atoms with Crippen LogP contribution in [0.3, 0.4) is 0 Å². The van der Waals surface area contributed by atoms with Crippen molar-refractivity contribution in [3.63, 3.8) is 0 Å². The Kier molecular flexibility index (Phi) is 3.23. The number of nitrogens with zero attached hydrogens (tertiary/aromatic N) is 2. The Labute approximate surface area is 126 Å². The summed E-state index contributed by atoms with van der Waals surface area (Å²) in [6.07, 6.45) is 2.52. The number of hydrogen-bond donors (Lipinski definition) is 1. The highest BCUT2D eigenvalue weighted by molar-refractivity contribution is 5.84. The first-order valence-electron chi connectivity index (χ1n) is 8.09. The minimum atomic E-state index is -0.0781. The minimum absolute atomic E-state index is 0.0410. The van der Waals surface area contributed by atoms with Crippen molar-refractivity contribution in [1.29, 1.82) is 0 Å². The van der Waals surface area contributed by atoms with Crippen LogP contribution < -0.4 is 5.32 Å². The van der Waals surface area contributed by atoms with Gasteiger partial charge in [0.2, 0.25) is 5.91 Å². The number of carbonyl (C=O) groups excluding carboxylic acids is 1. The van der Waals surface area contributed by atoms with Crippen LogP contribution in [0.5, 0.6) is 0 Å². The molecule has 4 heterocycles. The maximum Gasteiger partial charge on any atom is 0.241 e. The molecule has 112 valence electrons. The molecular formula is C17H23N3O. The molecule has 1 aromatic rings. The molecule has 5 rings (SSSR count). The van der Waals surface area contributed by atoms with Crippen LogP contribution in [0, 0.1) is 5.92 Å². The van der Waals surface area contributed by atoms with E-state index in [1.807, 2.05) is 13.0 Å². The summed E-state index contributed by atoms with van der Waals surface area (Å²) in [5, 5.41) is 3.48. The number of nitrogens with one attached hydrogen (secondary N) is 1. The molecule has 0 aromatic heterocycles. The molecule has 4 heteroatoms. The quantitative estimate of drug-likeness (QED) is 0.896. The summed E-state index contributed by atoms with van der Waals surface area (Å²) in [5.74, 6) is 0.944. The Balaban J connectivity index is 1.66. The Bertz CT molecular complexity index is 524. The van der Waals surface area contributed by atoms with Crippen LogP contribution in [0.25, 0.3) is 0 Å². The van der Waals surface area contributed by atoms with Crippen molar-refractivity contribution < 1.29 is 4.79 Å². The first-order chi connectivity index (χ1) is 10.2. The van der Waals surface area contributed by atoms with Gasteiger partial charge in [-0.15, -0.1) is 0 Å². The maximum atomic E-state index is 12.7. The molecule has 0 aliphatic carbocycles. The predicted molar refractivity (Wildman–Crippen MR) is 81.6 cm³/mol. The van der Waals surface area contributed by atoms with Crippen molar-refractivity contribution in [2.45, 2.75) is 38.0 Å². The highest BCUT2D eigenvalue weighted by Crippen LogP contribution is 2.37. The van der Waals surface area contributed by atoms with E-state index >= 15 is 0 Å². The lowest BCUT2D eigenvalue weighted by molar-refractivity contribution is -0.136. The summed E-state index contributed by atoms with van der Waals surface area (Å²) in [6.45, 7) is 5.46. The Hall–Kier alpha value is -1.39. The van der Waals surface area contributed by atoms with Crippen LogP contribution >= 0.6 is 0 Å². The van der Waals surface area contributed by atoms with Gasteiger partial charge in [0, 0.05) is 12.6 Å². The van der Waals surface area contributed by atoms with Crippen LogP contribution in [0.15, 0.2) is 30.3 Å². The summed E-state index contributed by atoms with van der Waals surface area (Å²) in [4.78, 5) is 17.4. The van der Waals surface area contributed by atoms with Gasteiger partial charge in [0.25, 0.3) is 0 Å². The van der Waals surface area contributed by atoms with Gasteiger partial charge in [-0.25, -0.2) is 0 Å². The second kappa shape index (κ2) is 5.11. The van der Waals surface area contributed by atoms with Gasteiger partial charge in [0.1, 0.15) is 6.17 Å². The van der Waals surface area contributed by atoms with Crippen molar-refractivity contribution in [3.8, 4) is 0 Å². The number of piperidine rings is 3. The normalized spacial score (nSPS) is 39.0. The van der Waals surface area contributed by atoms with Crippen molar-refractivity contribution in [3.05, 3.63) is 35.9 Å². The van der Waals surface area contributed by atoms with Gasteiger partial charge in [-0.3, -0.25) is 10.1 Å². The van der Waals surface area contributed by atoms with Crippen LogP contribution in [-0.4, -0.2) is 47.4 Å². The predicted octanol–water partition coefficient (Wildman–Crippen LogP) is 1.60. The molecule has 4 saturated heterocycles. The average molecular weight is 285 g/mol. The van der Waals surface area contributed by atoms with E-state index in [9.17, 15) is 4.79 Å². The van der Waals surface area contributed by atoms with E-state index in [-0.39, 0.29) is 18.1 Å². The Morgan fingerprint density at radius 2 is 1.86 bits per heavy atom. The number of benzene rings is 1. The van der Waals surface area contributed by atoms with Crippen LogP contribution in [0.4, 0.5) is 0 Å². The summed E-state index contributed by atoms with van der Waals surface area (Å²) in [7, 11) is 0. The SMILES string of the molecule is CC1NC(c2ccccc2)N(C2CN3CCC2CC3)C1=O. The van der Waals surface area contributed by atoms with Gasteiger partial charge < -0.3 is 9.80 Å². The largest absolute Gasteiger partial charge is 0.317 e. The molecule has 1 aromatic carbocycles. The molecule has 1 amide bonds. The molecule has 21 heavy (non-hydrogen) atoms. The highest BCUT2D eigenvalue weighted by Gasteiger charge is 2.46. The molecule has 2 bridgehead atoms. The lowest BCUT2D eigenvalue weighted by Gasteiger charge is -2.49. The molecule has 1 N–H and O–H groups in total. The van der Waals surface area contributed by atoms with Gasteiger partial charge in [-0.1, -0.05) is 30.3 Å². The third-order valence-electron chi connectivity index (χ3n) is 5.41. The second-order valence-electron chi connectivity index (χ2n) is 6.65. The van der Waals surface area contributed by atoms with E-state index < -0.39 is 0 Å². The lowest BCUT2D eigenvalue weighted by atomic mass is 9.82. The number of amides is 1. The number of fused-ring (bicyclic) bond motifs is 3. The topological polar surface area (TPSA) is 35.6 Å². The third kappa shape index (κ3) is 2.17. The molecule has 0 spiro atoms. The van der Waals surface area contributed by atoms with E-state index in [0.717, 1.165) is 6.54 Å². The fraction of sp³-hybridized carbons (Fsp3) is 0.588. The van der Waals surface area contributed by atoms with Crippen molar-refractivity contribution in [2.75, 3.05) is 19.6 Å². The first kappa shape index (κ1) is 13.3. The number of rotatable bonds is 2. The van der Waals surface area contributed by atoms with Gasteiger partial charge in [-0.2, -0.15) is 0 Å². The Morgan fingerprint density at radius 3 is 2.48 bits per heavy atom. The van der Waals surface area contributed by atoms with Crippen LogP contribution in [-0.2, 0) is 4.79 Å². The van der Waals surface area contributed by atoms with Gasteiger partial charge in [0.15, 0.2) is 0 Å². The van der Waals surface area contributed by atoms with Crippen LogP contribution in [0.2, 0.25) is 0 Å². The minimum Gasteiger partial charge on any atom is -0.317 e. The van der Waals surface area contributed by atoms with E-state index in [1.165, 1.54) is 31.5 Å². The first-order valence-corrected chi connectivity index (χ1v) is 8.09. The molecule has 3 atom stereocenters. The zero-order chi connectivity index (χ0) is 14.4. The fourth-order valence-electron chi connectivity index (χ4n) is 4.24. The molecule has 4 aliphatic heterocycles. The summed E-state index contributed by atoms with van der Waals surface area (Å²) in [6, 6.07) is 10.7. The van der Waals surface area contributed by atoms with E-state index in [2.05, 4.69) is 39.4 Å². The molecular weight excluding hydrogens is 262 g/mol. The smallest absolute Gasteiger partial charge is 0.241 e. The molecule has 4 nitrogen and oxygen atoms in total. The van der Waals surface area contributed by atoms with Crippen LogP contribution in [0.1, 0.15) is 31.5 Å². The molecule has 3 unspecified atom stereocenters. The summed E-state index contributed by atoms with van der Waals surface area (Å²) in [5.41, 5.74) is 1.20. The van der Waals surface area contributed by atoms with Gasteiger partial charge in [0.05, 0.1) is 6.04 Å². The average Bonchev–Trinajstić information content (AvgIpc) is 2.85. The standard InChI is InChI=1S/C17H23N3O/c1-12-17(21)20(15-11-19-9-7-13(15)8-10-19)16(18-12)14-5-3-2-4-6-14/h2-6,12-13,15-16,18H,7-11H2,1H3. The zero-order valence-corrected chi connectivity index (χ0v) is 12.5. The summed E-state index contributed by atoms with van der Waals surface area (Å²) < 4.78 is 0. The molecule has 4 aliphatic rings. The second-order valence-corrected chi connectivity index (χ2v) is 6.65. The van der Waals surface area contributed by atoms with Crippen molar-refractivity contribution >= 4 is 5.91 Å². The number of carbonyl (C=O) groups is 1. The lowest BCUT2D eigenvalue weighted by Crippen LogP contribution is -2.58. The van der Waals surface area contributed by atoms with E-state index in [0.29, 0.717) is 12.0 Å². The maximum absolute atomic E-state index is 12.7. The zero-order valence-electron chi connectivity index (χ0n) is 12.5. The van der Waals surface area contributed by atoms with Gasteiger partial charge >= 0.3 is 0 Å². The fourth-order valence-corrected chi connectivity index (χ4v) is 4.24. The Morgan fingerprint density at radius 1 is 1.14 bits per heavy atom. The van der Waals surface area contributed by atoms with E-state index in [4.69, 9.17) is 0 Å². The number of hydrogen-bond acceptors (Lipinski definition) is 3. The highest BCUT2D eigenvalue weighted by atomic mass is 16.2. The third-order valence-corrected chi connectivity index (χ3v) is 5.41. The van der Waals surface area contributed by atoms with Crippen molar-refractivity contribution in [2.24, 2.45) is 5.92 Å². The molecule has 0 radical (unpaired) electrons. The molecule has 0 saturated carbocycles.